The molecule has 3 amide bonds. The maximum atomic E-state index is 14.0. The van der Waals surface area contributed by atoms with Gasteiger partial charge < -0.3 is 20.2 Å². The Morgan fingerprint density at radius 2 is 1.54 bits per heavy atom. The second-order valence-electron chi connectivity index (χ2n) is 13.2. The van der Waals surface area contributed by atoms with E-state index in [0.29, 0.717) is 32.4 Å². The van der Waals surface area contributed by atoms with Crippen molar-refractivity contribution >= 4 is 23.7 Å². The highest BCUT2D eigenvalue weighted by Crippen LogP contribution is 2.28. The summed E-state index contributed by atoms with van der Waals surface area (Å²) in [6.45, 7) is 12.7. The van der Waals surface area contributed by atoms with E-state index in [2.05, 4.69) is 29.0 Å². The van der Waals surface area contributed by atoms with Crippen molar-refractivity contribution in [2.45, 2.75) is 110 Å². The Morgan fingerprint density at radius 1 is 0.923 bits per heavy atom. The van der Waals surface area contributed by atoms with Crippen LogP contribution in [0.4, 0.5) is 0 Å². The number of aliphatic carboxylic acids is 1. The molecule has 3 fully saturated rings. The number of piperidine rings is 1. The average Bonchev–Trinajstić information content (AvgIpc) is 3.54. The molecule has 3 rings (SSSR count). The highest BCUT2D eigenvalue weighted by molar-refractivity contribution is 5.90. The third-order valence-corrected chi connectivity index (χ3v) is 8.98. The first-order valence-electron chi connectivity index (χ1n) is 14.8. The van der Waals surface area contributed by atoms with E-state index < -0.39 is 23.5 Å². The van der Waals surface area contributed by atoms with Crippen LogP contribution in [0.25, 0.3) is 0 Å². The number of hydrogen-bond donors (Lipinski definition) is 2. The van der Waals surface area contributed by atoms with Crippen LogP contribution in [-0.4, -0.2) is 119 Å². The molecule has 3 aliphatic rings. The molecular formula is C29H51N5O5. The van der Waals surface area contributed by atoms with Gasteiger partial charge >= 0.3 is 5.97 Å². The summed E-state index contributed by atoms with van der Waals surface area (Å²) in [6.07, 6.45) is 5.64. The molecule has 0 aromatic carbocycles. The number of likely N-dealkylation sites (tertiary alicyclic amines) is 3. The molecule has 10 heteroatoms. The molecule has 3 aliphatic heterocycles. The molecule has 4 unspecified atom stereocenters. The molecule has 0 saturated carbocycles. The molecule has 0 aromatic rings. The number of nitrogens with one attached hydrogen (secondary N) is 1. The van der Waals surface area contributed by atoms with Gasteiger partial charge in [-0.2, -0.15) is 0 Å². The van der Waals surface area contributed by atoms with Crippen molar-refractivity contribution in [1.29, 1.82) is 0 Å². The Labute approximate surface area is 234 Å². The molecule has 0 radical (unpaired) electrons. The predicted molar refractivity (Wildman–Crippen MR) is 150 cm³/mol. The van der Waals surface area contributed by atoms with Gasteiger partial charge in [0.2, 0.25) is 17.7 Å². The first kappa shape index (κ1) is 31.3. The van der Waals surface area contributed by atoms with Crippen LogP contribution in [0.2, 0.25) is 0 Å². The molecule has 39 heavy (non-hydrogen) atoms. The van der Waals surface area contributed by atoms with E-state index in [1.165, 1.54) is 4.90 Å². The summed E-state index contributed by atoms with van der Waals surface area (Å²) in [4.78, 5) is 59.9. The minimum Gasteiger partial charge on any atom is -0.480 e. The summed E-state index contributed by atoms with van der Waals surface area (Å²) < 4.78 is 0. The normalized spacial score (nSPS) is 26.5. The van der Waals surface area contributed by atoms with Crippen LogP contribution in [0, 0.1) is 11.3 Å². The van der Waals surface area contributed by atoms with Crippen molar-refractivity contribution in [3.8, 4) is 0 Å². The Balaban J connectivity index is 1.74. The van der Waals surface area contributed by atoms with E-state index in [0.717, 1.165) is 38.8 Å². The lowest BCUT2D eigenvalue weighted by Crippen LogP contribution is -2.61. The molecule has 222 valence electrons. The van der Waals surface area contributed by atoms with Crippen molar-refractivity contribution in [1.82, 2.24) is 24.9 Å². The van der Waals surface area contributed by atoms with Gasteiger partial charge in [-0.3, -0.25) is 24.2 Å². The van der Waals surface area contributed by atoms with Crippen LogP contribution in [0.3, 0.4) is 0 Å². The smallest absolute Gasteiger partial charge is 0.326 e. The minimum absolute atomic E-state index is 0.0937. The van der Waals surface area contributed by atoms with Crippen LogP contribution < -0.4 is 5.32 Å². The second kappa shape index (κ2) is 13.0. The fourth-order valence-corrected chi connectivity index (χ4v) is 6.48. The summed E-state index contributed by atoms with van der Waals surface area (Å²) >= 11 is 0. The van der Waals surface area contributed by atoms with Crippen LogP contribution in [0.5, 0.6) is 0 Å². The van der Waals surface area contributed by atoms with E-state index >= 15 is 0 Å². The first-order chi connectivity index (χ1) is 18.2. The largest absolute Gasteiger partial charge is 0.480 e. The van der Waals surface area contributed by atoms with Gasteiger partial charge in [0.1, 0.15) is 12.1 Å². The predicted octanol–water partition coefficient (Wildman–Crippen LogP) is 2.02. The van der Waals surface area contributed by atoms with Crippen molar-refractivity contribution in [2.75, 3.05) is 40.3 Å². The van der Waals surface area contributed by atoms with Crippen molar-refractivity contribution < 1.29 is 24.3 Å². The lowest BCUT2D eigenvalue weighted by atomic mass is 9.84. The van der Waals surface area contributed by atoms with Crippen LogP contribution in [-0.2, 0) is 19.2 Å². The van der Waals surface area contributed by atoms with E-state index in [1.54, 1.807) is 11.9 Å². The van der Waals surface area contributed by atoms with Gasteiger partial charge in [-0.05, 0) is 70.0 Å². The Hall–Kier alpha value is -2.20. The number of rotatable bonds is 9. The molecule has 2 N–H and O–H groups in total. The fourth-order valence-electron chi connectivity index (χ4n) is 6.48. The summed E-state index contributed by atoms with van der Waals surface area (Å²) in [6, 6.07) is -2.18. The monoisotopic (exact) mass is 549 g/mol. The molecule has 5 atom stereocenters. The van der Waals surface area contributed by atoms with Crippen molar-refractivity contribution in [3.63, 3.8) is 0 Å². The Morgan fingerprint density at radius 3 is 2.13 bits per heavy atom. The van der Waals surface area contributed by atoms with E-state index in [9.17, 15) is 24.3 Å². The summed E-state index contributed by atoms with van der Waals surface area (Å²) in [7, 11) is 3.77. The van der Waals surface area contributed by atoms with E-state index in [-0.39, 0.29) is 41.8 Å². The molecular weight excluding hydrogens is 498 g/mol. The molecule has 0 bridgehead atoms. The molecule has 0 aliphatic carbocycles. The number of carboxylic acids is 1. The number of carbonyl (C=O) groups excluding carboxylic acids is 3. The third-order valence-electron chi connectivity index (χ3n) is 8.98. The van der Waals surface area contributed by atoms with Crippen LogP contribution in [0.1, 0.15) is 79.6 Å². The van der Waals surface area contributed by atoms with E-state index in [1.807, 2.05) is 27.8 Å². The van der Waals surface area contributed by atoms with Crippen LogP contribution >= 0.6 is 0 Å². The highest BCUT2D eigenvalue weighted by Gasteiger charge is 2.43. The number of nitrogens with zero attached hydrogens (tertiary/aromatic N) is 4. The summed E-state index contributed by atoms with van der Waals surface area (Å²) in [5.41, 5.74) is -0.483. The van der Waals surface area contributed by atoms with E-state index in [4.69, 9.17) is 0 Å². The zero-order valence-electron chi connectivity index (χ0n) is 25.1. The highest BCUT2D eigenvalue weighted by atomic mass is 16.4. The van der Waals surface area contributed by atoms with Gasteiger partial charge in [-0.15, -0.1) is 0 Å². The molecule has 0 aromatic heterocycles. The van der Waals surface area contributed by atoms with Crippen molar-refractivity contribution in [3.05, 3.63) is 0 Å². The minimum atomic E-state index is -0.939. The second-order valence-corrected chi connectivity index (χ2v) is 13.2. The average molecular weight is 550 g/mol. The SMILES string of the molecule is CC(C)[C@@H](CN1CCCC1C(=O)N1CCCC1C(=O)O)N(C)C(=O)C(NC(=O)C1CCCCN1C)C(C)(C)C. The van der Waals surface area contributed by atoms with Gasteiger partial charge in [-0.25, -0.2) is 4.79 Å². The first-order valence-corrected chi connectivity index (χ1v) is 14.8. The number of carbonyl (C=O) groups is 4. The standard InChI is InChI=1S/C29H51N5O5/c1-19(2)23(18-33-16-10-13-21(33)26(36)34-17-11-14-22(34)28(38)39)32(7)27(37)24(29(3,4)5)30-25(35)20-12-8-9-15-31(20)6/h19-24H,8-18H2,1-7H3,(H,30,35)(H,38,39)/t20?,21?,22?,23-,24?/m1/s1. The Kier molecular flexibility index (Phi) is 10.4. The molecule has 3 heterocycles. The Bertz CT molecular complexity index is 903. The number of hydrogen-bond acceptors (Lipinski definition) is 6. The summed E-state index contributed by atoms with van der Waals surface area (Å²) in [5, 5.41) is 12.7. The maximum absolute atomic E-state index is 14.0. The fraction of sp³-hybridized carbons (Fsp3) is 0.862. The number of likely N-dealkylation sites (N-methyl/N-ethyl adjacent to an activating group) is 2. The van der Waals surface area contributed by atoms with Gasteiger partial charge in [0.25, 0.3) is 0 Å². The van der Waals surface area contributed by atoms with Crippen LogP contribution in [0.15, 0.2) is 0 Å². The molecule has 3 saturated heterocycles. The van der Waals surface area contributed by atoms with Gasteiger partial charge in [0, 0.05) is 26.2 Å². The molecule has 10 nitrogen and oxygen atoms in total. The summed E-state index contributed by atoms with van der Waals surface area (Å²) in [5.74, 6) is -1.14. The van der Waals surface area contributed by atoms with Gasteiger partial charge in [-0.1, -0.05) is 41.0 Å². The van der Waals surface area contributed by atoms with Crippen molar-refractivity contribution in [2.24, 2.45) is 11.3 Å². The number of amides is 3. The third kappa shape index (κ3) is 7.31. The number of carboxylic acid groups (broad SMARTS) is 1. The maximum Gasteiger partial charge on any atom is 0.326 e. The topological polar surface area (TPSA) is 113 Å². The quantitative estimate of drug-likeness (QED) is 0.452. The lowest BCUT2D eigenvalue weighted by molar-refractivity contribution is -0.150. The molecule has 0 spiro atoms. The lowest BCUT2D eigenvalue weighted by Gasteiger charge is -2.41. The van der Waals surface area contributed by atoms with Gasteiger partial charge in [0.05, 0.1) is 12.1 Å². The zero-order chi connectivity index (χ0) is 29.1. The van der Waals surface area contributed by atoms with Gasteiger partial charge in [0.15, 0.2) is 0 Å². The zero-order valence-corrected chi connectivity index (χ0v) is 25.1.